The summed E-state index contributed by atoms with van der Waals surface area (Å²) in [7, 11) is -2.26. The summed E-state index contributed by atoms with van der Waals surface area (Å²) in [4.78, 5) is 11.0. The predicted molar refractivity (Wildman–Crippen MR) is 77.2 cm³/mol. The summed E-state index contributed by atoms with van der Waals surface area (Å²) in [6.45, 7) is 1.04. The molecular formula is C13H16ClNO5S. The minimum absolute atomic E-state index is 0.00942. The van der Waals surface area contributed by atoms with Gasteiger partial charge in [-0.3, -0.25) is 0 Å². The number of halogens is 1. The minimum Gasteiger partial charge on any atom is -0.478 e. The molecule has 1 saturated heterocycles. The Hall–Kier alpha value is -1.15. The number of rotatable bonds is 4. The molecular weight excluding hydrogens is 318 g/mol. The van der Waals surface area contributed by atoms with E-state index in [1.165, 1.54) is 23.5 Å². The molecule has 1 fully saturated rings. The first-order chi connectivity index (χ1) is 9.84. The third-order valence-electron chi connectivity index (χ3n) is 3.55. The summed E-state index contributed by atoms with van der Waals surface area (Å²) in [5, 5.41) is 9.04. The first kappa shape index (κ1) is 16.2. The van der Waals surface area contributed by atoms with Crippen LogP contribution >= 0.6 is 11.6 Å². The molecule has 0 amide bonds. The first-order valence-electron chi connectivity index (χ1n) is 6.42. The number of benzene rings is 1. The summed E-state index contributed by atoms with van der Waals surface area (Å²) in [6, 6.07) is 3.55. The van der Waals surface area contributed by atoms with Gasteiger partial charge in [-0.15, -0.1) is 0 Å². The summed E-state index contributed by atoms with van der Waals surface area (Å²) in [6.07, 6.45) is 1.24. The second-order valence-electron chi connectivity index (χ2n) is 4.81. The Bertz CT molecular complexity index is 640. The van der Waals surface area contributed by atoms with E-state index in [-0.39, 0.29) is 21.5 Å². The van der Waals surface area contributed by atoms with Crippen molar-refractivity contribution in [1.82, 2.24) is 4.31 Å². The van der Waals surface area contributed by atoms with Crippen LogP contribution < -0.4 is 0 Å². The quantitative estimate of drug-likeness (QED) is 0.908. The zero-order valence-electron chi connectivity index (χ0n) is 11.5. The van der Waals surface area contributed by atoms with Crippen molar-refractivity contribution in [2.24, 2.45) is 0 Å². The molecule has 8 heteroatoms. The van der Waals surface area contributed by atoms with Crippen molar-refractivity contribution in [1.29, 1.82) is 0 Å². The normalized spacial score (nSPS) is 17.1. The SMILES string of the molecule is CN(C1CCOCC1)S(=O)(=O)c1ccc(Cl)c(C(=O)O)c1. The molecule has 0 unspecified atom stereocenters. The summed E-state index contributed by atoms with van der Waals surface area (Å²) in [5.41, 5.74) is -0.224. The van der Waals surface area contributed by atoms with E-state index in [0.717, 1.165) is 6.07 Å². The van der Waals surface area contributed by atoms with E-state index in [0.29, 0.717) is 26.1 Å². The van der Waals surface area contributed by atoms with Gasteiger partial charge in [0.1, 0.15) is 0 Å². The topological polar surface area (TPSA) is 83.9 Å². The van der Waals surface area contributed by atoms with Gasteiger partial charge in [-0.1, -0.05) is 11.6 Å². The van der Waals surface area contributed by atoms with Gasteiger partial charge in [-0.2, -0.15) is 4.31 Å². The number of aromatic carboxylic acids is 1. The Morgan fingerprint density at radius 2 is 2.00 bits per heavy atom. The van der Waals surface area contributed by atoms with Gasteiger partial charge in [0.25, 0.3) is 0 Å². The van der Waals surface area contributed by atoms with Crippen molar-refractivity contribution in [3.05, 3.63) is 28.8 Å². The number of hydrogen-bond acceptors (Lipinski definition) is 4. The monoisotopic (exact) mass is 333 g/mol. The van der Waals surface area contributed by atoms with Crippen molar-refractivity contribution in [3.8, 4) is 0 Å². The summed E-state index contributed by atoms with van der Waals surface area (Å²) in [5.74, 6) is -1.26. The van der Waals surface area contributed by atoms with Crippen LogP contribution in [0.5, 0.6) is 0 Å². The highest BCUT2D eigenvalue weighted by molar-refractivity contribution is 7.89. The van der Waals surface area contributed by atoms with E-state index >= 15 is 0 Å². The van der Waals surface area contributed by atoms with Crippen LogP contribution in [-0.2, 0) is 14.8 Å². The predicted octanol–water partition coefficient (Wildman–Crippen LogP) is 1.84. The standard InChI is InChI=1S/C13H16ClNO5S/c1-15(9-4-6-20-7-5-9)21(18,19)10-2-3-12(14)11(8-10)13(16)17/h2-3,8-9H,4-7H2,1H3,(H,16,17). The molecule has 21 heavy (non-hydrogen) atoms. The van der Waals surface area contributed by atoms with Crippen molar-refractivity contribution in [2.45, 2.75) is 23.8 Å². The van der Waals surface area contributed by atoms with Crippen molar-refractivity contribution in [3.63, 3.8) is 0 Å². The van der Waals surface area contributed by atoms with Gasteiger partial charge in [-0.25, -0.2) is 13.2 Å². The van der Waals surface area contributed by atoms with Gasteiger partial charge in [0.15, 0.2) is 0 Å². The largest absolute Gasteiger partial charge is 0.478 e. The van der Waals surface area contributed by atoms with Crippen LogP contribution in [0.4, 0.5) is 0 Å². The number of nitrogens with zero attached hydrogens (tertiary/aromatic N) is 1. The number of ether oxygens (including phenoxy) is 1. The van der Waals surface area contributed by atoms with Gasteiger partial charge in [-0.05, 0) is 31.0 Å². The molecule has 116 valence electrons. The fraction of sp³-hybridized carbons (Fsp3) is 0.462. The van der Waals surface area contributed by atoms with Crippen LogP contribution in [0.15, 0.2) is 23.1 Å². The second kappa shape index (κ2) is 6.31. The van der Waals surface area contributed by atoms with E-state index < -0.39 is 16.0 Å². The van der Waals surface area contributed by atoms with Gasteiger partial charge < -0.3 is 9.84 Å². The fourth-order valence-corrected chi connectivity index (χ4v) is 3.88. The number of sulfonamides is 1. The molecule has 0 atom stereocenters. The molecule has 1 heterocycles. The van der Waals surface area contributed by atoms with Crippen LogP contribution in [0.1, 0.15) is 23.2 Å². The Balaban J connectivity index is 2.34. The number of carboxylic acid groups (broad SMARTS) is 1. The molecule has 2 rings (SSSR count). The number of hydrogen-bond donors (Lipinski definition) is 1. The van der Waals surface area contributed by atoms with Crippen LogP contribution in [-0.4, -0.2) is 50.1 Å². The number of carbonyl (C=O) groups is 1. The van der Waals surface area contributed by atoms with E-state index in [4.69, 9.17) is 21.4 Å². The van der Waals surface area contributed by atoms with Crippen LogP contribution in [0.3, 0.4) is 0 Å². The molecule has 1 aliphatic heterocycles. The highest BCUT2D eigenvalue weighted by atomic mass is 35.5. The van der Waals surface area contributed by atoms with E-state index in [9.17, 15) is 13.2 Å². The molecule has 0 saturated carbocycles. The number of carboxylic acids is 1. The van der Waals surface area contributed by atoms with Crippen molar-refractivity contribution in [2.75, 3.05) is 20.3 Å². The molecule has 0 bridgehead atoms. The lowest BCUT2D eigenvalue weighted by Gasteiger charge is -2.30. The summed E-state index contributed by atoms with van der Waals surface area (Å²) < 4.78 is 31.6. The average molecular weight is 334 g/mol. The molecule has 1 aromatic carbocycles. The Morgan fingerprint density at radius 3 is 2.57 bits per heavy atom. The highest BCUT2D eigenvalue weighted by Gasteiger charge is 2.30. The maximum absolute atomic E-state index is 12.6. The lowest BCUT2D eigenvalue weighted by atomic mass is 10.1. The summed E-state index contributed by atoms with van der Waals surface area (Å²) >= 11 is 5.76. The third-order valence-corrected chi connectivity index (χ3v) is 5.79. The molecule has 0 spiro atoms. The molecule has 0 aromatic heterocycles. The van der Waals surface area contributed by atoms with Crippen molar-refractivity contribution >= 4 is 27.6 Å². The zero-order chi connectivity index (χ0) is 15.6. The maximum atomic E-state index is 12.6. The first-order valence-corrected chi connectivity index (χ1v) is 8.24. The van der Waals surface area contributed by atoms with Gasteiger partial charge in [0.2, 0.25) is 10.0 Å². The van der Waals surface area contributed by atoms with E-state index in [1.54, 1.807) is 0 Å². The Kier molecular flexibility index (Phi) is 4.88. The van der Waals surface area contributed by atoms with Gasteiger partial charge in [0.05, 0.1) is 15.5 Å². The van der Waals surface area contributed by atoms with Crippen LogP contribution in [0.2, 0.25) is 5.02 Å². The minimum atomic E-state index is -3.76. The van der Waals surface area contributed by atoms with E-state index in [1.807, 2.05) is 0 Å². The molecule has 0 aliphatic carbocycles. The molecule has 1 aliphatic rings. The lowest BCUT2D eigenvalue weighted by molar-refractivity contribution is 0.0632. The average Bonchev–Trinajstić information content (AvgIpc) is 2.47. The zero-order valence-corrected chi connectivity index (χ0v) is 13.0. The smallest absolute Gasteiger partial charge is 0.337 e. The highest BCUT2D eigenvalue weighted by Crippen LogP contribution is 2.25. The molecule has 0 radical (unpaired) electrons. The third kappa shape index (κ3) is 3.37. The fourth-order valence-electron chi connectivity index (χ4n) is 2.24. The van der Waals surface area contributed by atoms with E-state index in [2.05, 4.69) is 0 Å². The lowest BCUT2D eigenvalue weighted by Crippen LogP contribution is -2.40. The van der Waals surface area contributed by atoms with Crippen molar-refractivity contribution < 1.29 is 23.1 Å². The molecule has 1 N–H and O–H groups in total. The molecule has 6 nitrogen and oxygen atoms in total. The maximum Gasteiger partial charge on any atom is 0.337 e. The van der Waals surface area contributed by atoms with Gasteiger partial charge >= 0.3 is 5.97 Å². The second-order valence-corrected chi connectivity index (χ2v) is 7.22. The Labute approximate surface area is 128 Å². The van der Waals surface area contributed by atoms with Crippen LogP contribution in [0, 0.1) is 0 Å². The van der Waals surface area contributed by atoms with Crippen LogP contribution in [0.25, 0.3) is 0 Å². The Morgan fingerprint density at radius 1 is 1.38 bits per heavy atom. The molecule has 1 aromatic rings. The van der Waals surface area contributed by atoms with Gasteiger partial charge in [0, 0.05) is 26.3 Å².